The number of benzene rings is 1. The summed E-state index contributed by atoms with van der Waals surface area (Å²) in [7, 11) is 2.78. The van der Waals surface area contributed by atoms with E-state index in [9.17, 15) is 8.78 Å². The van der Waals surface area contributed by atoms with Crippen LogP contribution in [0.4, 0.5) is 8.78 Å². The van der Waals surface area contributed by atoms with Gasteiger partial charge in [0.2, 0.25) is 0 Å². The van der Waals surface area contributed by atoms with Crippen molar-refractivity contribution in [2.24, 2.45) is 5.73 Å². The molecular formula is C12H17F2NO2. The zero-order valence-corrected chi connectivity index (χ0v) is 10.0. The maximum Gasteiger partial charge on any atom is 0.267 e. The number of hydrogen-bond donors (Lipinski definition) is 1. The average molecular weight is 245 g/mol. The van der Waals surface area contributed by atoms with Gasteiger partial charge in [-0.2, -0.15) is 0 Å². The topological polar surface area (TPSA) is 44.5 Å². The van der Waals surface area contributed by atoms with E-state index in [1.165, 1.54) is 20.3 Å². The number of alkyl halides is 2. The molecule has 0 aliphatic heterocycles. The lowest BCUT2D eigenvalue weighted by Crippen LogP contribution is -2.03. The molecular weight excluding hydrogens is 228 g/mol. The molecule has 0 atom stereocenters. The standard InChI is InChI=1S/C12H17F2NO2/c1-16-10-7-8(4-3-5-15)6-9(12(13)14)11(10)17-2/h6-7,12H,3-5,15H2,1-2H3. The van der Waals surface area contributed by atoms with Crippen molar-refractivity contribution < 1.29 is 18.3 Å². The summed E-state index contributed by atoms with van der Waals surface area (Å²) in [5, 5.41) is 0. The number of ether oxygens (including phenoxy) is 2. The first-order valence-electron chi connectivity index (χ1n) is 5.37. The second-order valence-corrected chi connectivity index (χ2v) is 3.61. The second-order valence-electron chi connectivity index (χ2n) is 3.61. The molecule has 0 unspecified atom stereocenters. The van der Waals surface area contributed by atoms with Gasteiger partial charge in [-0.3, -0.25) is 0 Å². The zero-order chi connectivity index (χ0) is 12.8. The van der Waals surface area contributed by atoms with Crippen molar-refractivity contribution in [1.29, 1.82) is 0 Å². The van der Waals surface area contributed by atoms with E-state index in [2.05, 4.69) is 0 Å². The first-order valence-corrected chi connectivity index (χ1v) is 5.37. The fourth-order valence-electron chi connectivity index (χ4n) is 1.67. The molecule has 0 saturated carbocycles. The van der Waals surface area contributed by atoms with Gasteiger partial charge in [0.1, 0.15) is 0 Å². The Bertz CT molecular complexity index is 370. The van der Waals surface area contributed by atoms with Gasteiger partial charge in [-0.15, -0.1) is 0 Å². The van der Waals surface area contributed by atoms with Crippen LogP contribution in [0.25, 0.3) is 0 Å². The Morgan fingerprint density at radius 1 is 1.24 bits per heavy atom. The molecule has 3 nitrogen and oxygen atoms in total. The summed E-state index contributed by atoms with van der Waals surface area (Å²) in [6.07, 6.45) is -1.19. The molecule has 96 valence electrons. The Hall–Kier alpha value is -1.36. The fourth-order valence-corrected chi connectivity index (χ4v) is 1.67. The van der Waals surface area contributed by atoms with Crippen molar-refractivity contribution in [3.8, 4) is 11.5 Å². The third-order valence-corrected chi connectivity index (χ3v) is 2.47. The van der Waals surface area contributed by atoms with Gasteiger partial charge in [-0.1, -0.05) is 0 Å². The largest absolute Gasteiger partial charge is 0.493 e. The molecule has 0 aromatic heterocycles. The molecule has 0 radical (unpaired) electrons. The van der Waals surface area contributed by atoms with Crippen LogP contribution in [-0.4, -0.2) is 20.8 Å². The summed E-state index contributed by atoms with van der Waals surface area (Å²) in [6.45, 7) is 0.526. The highest BCUT2D eigenvalue weighted by molar-refractivity contribution is 5.50. The molecule has 0 aliphatic rings. The van der Waals surface area contributed by atoms with Gasteiger partial charge in [0.05, 0.1) is 19.8 Å². The predicted octanol–water partition coefficient (Wildman–Crippen LogP) is 2.53. The van der Waals surface area contributed by atoms with Crippen molar-refractivity contribution in [1.82, 2.24) is 0 Å². The summed E-state index contributed by atoms with van der Waals surface area (Å²) >= 11 is 0. The Morgan fingerprint density at radius 2 is 1.94 bits per heavy atom. The minimum Gasteiger partial charge on any atom is -0.493 e. The van der Waals surface area contributed by atoms with Crippen molar-refractivity contribution in [2.45, 2.75) is 19.3 Å². The van der Waals surface area contributed by atoms with Crippen molar-refractivity contribution >= 4 is 0 Å². The normalized spacial score (nSPS) is 10.7. The molecule has 0 spiro atoms. The Labute approximate surface area is 99.5 Å². The molecule has 1 aromatic rings. The van der Waals surface area contributed by atoms with Crippen molar-refractivity contribution in [3.63, 3.8) is 0 Å². The zero-order valence-electron chi connectivity index (χ0n) is 10.0. The van der Waals surface area contributed by atoms with Crippen LogP contribution in [0.1, 0.15) is 24.0 Å². The highest BCUT2D eigenvalue weighted by Gasteiger charge is 2.19. The number of hydrogen-bond acceptors (Lipinski definition) is 3. The van der Waals surface area contributed by atoms with Gasteiger partial charge in [0.15, 0.2) is 11.5 Å². The van der Waals surface area contributed by atoms with E-state index in [1.807, 2.05) is 0 Å². The quantitative estimate of drug-likeness (QED) is 0.837. The van der Waals surface area contributed by atoms with Gasteiger partial charge in [0, 0.05) is 0 Å². The molecule has 17 heavy (non-hydrogen) atoms. The van der Waals surface area contributed by atoms with E-state index in [4.69, 9.17) is 15.2 Å². The Balaban J connectivity index is 3.15. The molecule has 1 aromatic carbocycles. The molecule has 5 heteroatoms. The van der Waals surface area contributed by atoms with Crippen LogP contribution in [-0.2, 0) is 6.42 Å². The highest BCUT2D eigenvalue weighted by Crippen LogP contribution is 2.38. The lowest BCUT2D eigenvalue weighted by molar-refractivity contribution is 0.146. The minimum absolute atomic E-state index is 0.0963. The number of nitrogens with two attached hydrogens (primary N) is 1. The fraction of sp³-hybridized carbons (Fsp3) is 0.500. The molecule has 0 fully saturated rings. The number of aryl methyl sites for hydroxylation is 1. The molecule has 1 rings (SSSR count). The average Bonchev–Trinajstić information content (AvgIpc) is 2.34. The Morgan fingerprint density at radius 3 is 2.41 bits per heavy atom. The van der Waals surface area contributed by atoms with Gasteiger partial charge in [0.25, 0.3) is 6.43 Å². The van der Waals surface area contributed by atoms with Crippen LogP contribution in [0.2, 0.25) is 0 Å². The summed E-state index contributed by atoms with van der Waals surface area (Å²) in [4.78, 5) is 0. The predicted molar refractivity (Wildman–Crippen MR) is 61.9 cm³/mol. The minimum atomic E-state index is -2.59. The van der Waals surface area contributed by atoms with Gasteiger partial charge in [-0.05, 0) is 37.1 Å². The highest BCUT2D eigenvalue weighted by atomic mass is 19.3. The molecule has 2 N–H and O–H groups in total. The van der Waals surface area contributed by atoms with E-state index in [0.717, 1.165) is 12.0 Å². The number of rotatable bonds is 6. The maximum absolute atomic E-state index is 12.9. The SMILES string of the molecule is COc1cc(CCCN)cc(C(F)F)c1OC. The summed E-state index contributed by atoms with van der Waals surface area (Å²) in [6, 6.07) is 3.15. The molecule has 0 heterocycles. The van der Waals surface area contributed by atoms with E-state index in [-0.39, 0.29) is 11.3 Å². The molecule has 0 amide bonds. The van der Waals surface area contributed by atoms with Crippen molar-refractivity contribution in [3.05, 3.63) is 23.3 Å². The number of methoxy groups -OCH3 is 2. The summed E-state index contributed by atoms with van der Waals surface area (Å²) < 4.78 is 35.8. The first kappa shape index (κ1) is 13.7. The van der Waals surface area contributed by atoms with Crippen LogP contribution < -0.4 is 15.2 Å². The van der Waals surface area contributed by atoms with E-state index < -0.39 is 6.43 Å². The number of halogens is 2. The van der Waals surface area contributed by atoms with Crippen LogP contribution in [0, 0.1) is 0 Å². The smallest absolute Gasteiger partial charge is 0.267 e. The van der Waals surface area contributed by atoms with Crippen LogP contribution >= 0.6 is 0 Å². The van der Waals surface area contributed by atoms with Crippen LogP contribution in [0.3, 0.4) is 0 Å². The van der Waals surface area contributed by atoms with Crippen LogP contribution in [0.5, 0.6) is 11.5 Å². The lowest BCUT2D eigenvalue weighted by Gasteiger charge is -2.14. The molecule has 0 aliphatic carbocycles. The van der Waals surface area contributed by atoms with Crippen LogP contribution in [0.15, 0.2) is 12.1 Å². The lowest BCUT2D eigenvalue weighted by atomic mass is 10.0. The first-order chi connectivity index (χ1) is 8.13. The van der Waals surface area contributed by atoms with E-state index in [1.54, 1.807) is 6.07 Å². The molecule has 0 saturated heterocycles. The second kappa shape index (κ2) is 6.39. The monoisotopic (exact) mass is 245 g/mol. The maximum atomic E-state index is 12.9. The third-order valence-electron chi connectivity index (χ3n) is 2.47. The van der Waals surface area contributed by atoms with Gasteiger partial charge < -0.3 is 15.2 Å². The van der Waals surface area contributed by atoms with Crippen molar-refractivity contribution in [2.75, 3.05) is 20.8 Å². The summed E-state index contributed by atoms with van der Waals surface area (Å²) in [5.74, 6) is 0.427. The van der Waals surface area contributed by atoms with E-state index in [0.29, 0.717) is 18.7 Å². The third kappa shape index (κ3) is 3.30. The summed E-state index contributed by atoms with van der Waals surface area (Å²) in [5.41, 5.74) is 6.04. The van der Waals surface area contributed by atoms with Gasteiger partial charge >= 0.3 is 0 Å². The van der Waals surface area contributed by atoms with E-state index >= 15 is 0 Å². The van der Waals surface area contributed by atoms with Gasteiger partial charge in [-0.25, -0.2) is 8.78 Å². The Kier molecular flexibility index (Phi) is 5.15. The molecule has 0 bridgehead atoms.